The van der Waals surface area contributed by atoms with Gasteiger partial charge in [0.1, 0.15) is 6.61 Å². The van der Waals surface area contributed by atoms with Gasteiger partial charge in [-0.2, -0.15) is 0 Å². The summed E-state index contributed by atoms with van der Waals surface area (Å²) in [4.78, 5) is 10.4. The number of para-hydroxylation sites is 1. The van der Waals surface area contributed by atoms with Crippen LogP contribution >= 0.6 is 0 Å². The third kappa shape index (κ3) is 2.80. The summed E-state index contributed by atoms with van der Waals surface area (Å²) in [6.07, 6.45) is 2.50. The lowest BCUT2D eigenvalue weighted by Gasteiger charge is -2.07. The van der Waals surface area contributed by atoms with Gasteiger partial charge in [0.2, 0.25) is 0 Å². The predicted octanol–water partition coefficient (Wildman–Crippen LogP) is 1.96. The van der Waals surface area contributed by atoms with Crippen LogP contribution in [-0.4, -0.2) is 25.2 Å². The smallest absolute Gasteiger partial charge is 0.318 e. The molecular formula is C11H12NO4. The van der Waals surface area contributed by atoms with Crippen LogP contribution in [0.1, 0.15) is 5.56 Å². The van der Waals surface area contributed by atoms with Gasteiger partial charge < -0.3 is 9.47 Å². The molecule has 0 saturated heterocycles. The molecule has 0 fully saturated rings. The summed E-state index contributed by atoms with van der Waals surface area (Å²) in [7, 11) is 1.53. The summed E-state index contributed by atoms with van der Waals surface area (Å²) >= 11 is 0. The Morgan fingerprint density at radius 1 is 1.50 bits per heavy atom. The second-order valence-electron chi connectivity index (χ2n) is 2.93. The number of nitro groups is 1. The highest BCUT2D eigenvalue weighted by Gasteiger charge is 2.18. The van der Waals surface area contributed by atoms with Crippen LogP contribution in [-0.2, 0) is 4.74 Å². The molecule has 0 atom stereocenters. The molecule has 85 valence electrons. The van der Waals surface area contributed by atoms with Crippen LogP contribution in [0.2, 0.25) is 0 Å². The van der Waals surface area contributed by atoms with Crippen molar-refractivity contribution in [1.29, 1.82) is 0 Å². The van der Waals surface area contributed by atoms with Crippen LogP contribution in [0, 0.1) is 16.2 Å². The average Bonchev–Trinajstić information content (AvgIpc) is 2.28. The van der Waals surface area contributed by atoms with Crippen molar-refractivity contribution < 1.29 is 14.4 Å². The van der Waals surface area contributed by atoms with Gasteiger partial charge in [0.05, 0.1) is 17.1 Å². The molecule has 0 aromatic heterocycles. The topological polar surface area (TPSA) is 61.6 Å². The Hall–Kier alpha value is -1.88. The number of ether oxygens (including phenoxy) is 2. The fourth-order valence-electron chi connectivity index (χ4n) is 1.20. The summed E-state index contributed by atoms with van der Waals surface area (Å²) in [6.45, 7) is 4.04. The third-order valence-electron chi connectivity index (χ3n) is 1.92. The molecule has 0 spiro atoms. The van der Waals surface area contributed by atoms with E-state index >= 15 is 0 Å². The molecule has 0 bridgehead atoms. The average molecular weight is 222 g/mol. The second-order valence-corrected chi connectivity index (χ2v) is 2.93. The summed E-state index contributed by atoms with van der Waals surface area (Å²) in [5.41, 5.74) is 0.202. The zero-order valence-electron chi connectivity index (χ0n) is 8.93. The summed E-state index contributed by atoms with van der Waals surface area (Å²) in [5.74, 6) is 0.204. The van der Waals surface area contributed by atoms with Crippen molar-refractivity contribution in [3.63, 3.8) is 0 Å². The predicted molar refractivity (Wildman–Crippen MR) is 58.4 cm³/mol. The van der Waals surface area contributed by atoms with Gasteiger partial charge in [-0.25, -0.2) is 0 Å². The Morgan fingerprint density at radius 3 is 2.81 bits per heavy atom. The molecule has 0 unspecified atom stereocenters. The van der Waals surface area contributed by atoms with E-state index in [1.807, 2.05) is 0 Å². The summed E-state index contributed by atoms with van der Waals surface area (Å²) in [6, 6.07) is 4.76. The van der Waals surface area contributed by atoms with E-state index in [0.29, 0.717) is 12.2 Å². The van der Waals surface area contributed by atoms with Gasteiger partial charge in [-0.15, -0.1) is 0 Å². The van der Waals surface area contributed by atoms with E-state index in [4.69, 9.17) is 9.47 Å². The van der Waals surface area contributed by atoms with Crippen molar-refractivity contribution in [3.05, 3.63) is 46.5 Å². The number of hydrogen-bond acceptors (Lipinski definition) is 4. The molecule has 0 aliphatic rings. The van der Waals surface area contributed by atoms with Crippen molar-refractivity contribution in [2.24, 2.45) is 0 Å². The number of nitro benzene ring substituents is 1. The Balaban J connectivity index is 2.98. The Bertz CT molecular complexity index is 390. The first-order valence-corrected chi connectivity index (χ1v) is 4.63. The number of rotatable bonds is 6. The molecule has 1 aromatic rings. The molecule has 0 saturated carbocycles. The molecule has 0 aliphatic carbocycles. The van der Waals surface area contributed by atoms with Crippen molar-refractivity contribution in [2.75, 3.05) is 20.3 Å². The van der Waals surface area contributed by atoms with E-state index in [1.54, 1.807) is 12.1 Å². The molecule has 1 aromatic carbocycles. The van der Waals surface area contributed by atoms with E-state index in [9.17, 15) is 10.1 Å². The maximum Gasteiger partial charge on any atom is 0.318 e. The molecule has 1 radical (unpaired) electrons. The van der Waals surface area contributed by atoms with Gasteiger partial charge in [0, 0.05) is 7.11 Å². The fourth-order valence-corrected chi connectivity index (χ4v) is 1.20. The van der Waals surface area contributed by atoms with Crippen LogP contribution in [0.4, 0.5) is 5.69 Å². The molecular weight excluding hydrogens is 210 g/mol. The van der Waals surface area contributed by atoms with Crippen molar-refractivity contribution in [3.8, 4) is 5.75 Å². The molecule has 0 N–H and O–H groups in total. The Kier molecular flexibility index (Phi) is 4.47. The molecule has 0 heterocycles. The van der Waals surface area contributed by atoms with E-state index in [0.717, 1.165) is 0 Å². The highest BCUT2D eigenvalue weighted by atomic mass is 16.6. The molecule has 5 heteroatoms. The minimum atomic E-state index is -0.504. The number of methoxy groups -OCH3 is 1. The molecule has 0 aliphatic heterocycles. The van der Waals surface area contributed by atoms with E-state index in [-0.39, 0.29) is 18.0 Å². The fraction of sp³-hybridized carbons (Fsp3) is 0.273. The Morgan fingerprint density at radius 2 is 2.25 bits per heavy atom. The highest BCUT2D eigenvalue weighted by Crippen LogP contribution is 2.30. The minimum absolute atomic E-state index is 0.117. The first-order chi connectivity index (χ1) is 7.70. The number of benzene rings is 1. The standard InChI is InChI=1S/C11H12NO4/c1-3-9-5-4-6-10(11(9)12(13)14)16-8-7-15-2/h4-6H,1,7-8H2,2H3. The van der Waals surface area contributed by atoms with Gasteiger partial charge >= 0.3 is 5.69 Å². The molecule has 5 nitrogen and oxygen atoms in total. The first-order valence-electron chi connectivity index (χ1n) is 4.63. The van der Waals surface area contributed by atoms with Crippen LogP contribution in [0.25, 0.3) is 0 Å². The van der Waals surface area contributed by atoms with Crippen LogP contribution < -0.4 is 4.74 Å². The van der Waals surface area contributed by atoms with Gasteiger partial charge in [-0.1, -0.05) is 12.6 Å². The lowest BCUT2D eigenvalue weighted by atomic mass is 10.1. The van der Waals surface area contributed by atoms with Gasteiger partial charge in [0.15, 0.2) is 5.75 Å². The molecule has 0 amide bonds. The maximum absolute atomic E-state index is 10.9. The van der Waals surface area contributed by atoms with Gasteiger partial charge in [0.25, 0.3) is 0 Å². The lowest BCUT2D eigenvalue weighted by Crippen LogP contribution is -2.06. The monoisotopic (exact) mass is 222 g/mol. The van der Waals surface area contributed by atoms with Crippen molar-refractivity contribution >= 4 is 5.69 Å². The second kappa shape index (κ2) is 5.87. The normalized spacial score (nSPS) is 9.81. The summed E-state index contributed by atoms with van der Waals surface area (Å²) in [5, 5.41) is 10.9. The maximum atomic E-state index is 10.9. The van der Waals surface area contributed by atoms with Crippen LogP contribution in [0.5, 0.6) is 5.75 Å². The van der Waals surface area contributed by atoms with Gasteiger partial charge in [-0.05, 0) is 18.2 Å². The highest BCUT2D eigenvalue weighted by molar-refractivity contribution is 5.54. The zero-order chi connectivity index (χ0) is 12.0. The van der Waals surface area contributed by atoms with Crippen molar-refractivity contribution in [1.82, 2.24) is 0 Å². The third-order valence-corrected chi connectivity index (χ3v) is 1.92. The lowest BCUT2D eigenvalue weighted by molar-refractivity contribution is -0.386. The van der Waals surface area contributed by atoms with Crippen LogP contribution in [0.3, 0.4) is 0 Å². The van der Waals surface area contributed by atoms with E-state index < -0.39 is 4.92 Å². The zero-order valence-corrected chi connectivity index (χ0v) is 8.93. The molecule has 1 rings (SSSR count). The minimum Gasteiger partial charge on any atom is -0.484 e. The van der Waals surface area contributed by atoms with Crippen LogP contribution in [0.15, 0.2) is 24.8 Å². The Labute approximate surface area is 93.4 Å². The van der Waals surface area contributed by atoms with E-state index in [2.05, 4.69) is 12.7 Å². The SMILES string of the molecule is C=[C]c1cccc(OCCOC)c1[N+](=O)[O-]. The summed E-state index contributed by atoms with van der Waals surface area (Å²) < 4.78 is 10.0. The quantitative estimate of drug-likeness (QED) is 0.419. The number of hydrogen-bond donors (Lipinski definition) is 0. The van der Waals surface area contributed by atoms with E-state index in [1.165, 1.54) is 13.2 Å². The molecule has 16 heavy (non-hydrogen) atoms. The van der Waals surface area contributed by atoms with Gasteiger partial charge in [-0.3, -0.25) is 10.1 Å². The largest absolute Gasteiger partial charge is 0.484 e. The van der Waals surface area contributed by atoms with Crippen molar-refractivity contribution in [2.45, 2.75) is 0 Å². The number of nitrogens with zero attached hydrogens (tertiary/aromatic N) is 1. The first kappa shape index (κ1) is 12.2.